The first-order valence-corrected chi connectivity index (χ1v) is 12.3. The summed E-state index contributed by atoms with van der Waals surface area (Å²) in [6.07, 6.45) is 3.19. The van der Waals surface area contributed by atoms with E-state index in [1.807, 2.05) is 19.1 Å². The largest absolute Gasteiger partial charge is 0.493 e. The molecule has 0 bridgehead atoms. The lowest BCUT2D eigenvalue weighted by Crippen LogP contribution is -2.44. The van der Waals surface area contributed by atoms with Gasteiger partial charge in [-0.2, -0.15) is 0 Å². The van der Waals surface area contributed by atoms with Crippen LogP contribution in [0.1, 0.15) is 19.8 Å². The molecule has 36 heavy (non-hydrogen) atoms. The number of likely N-dealkylation sites (tertiary alicyclic amines) is 1. The van der Waals surface area contributed by atoms with E-state index in [4.69, 9.17) is 21.1 Å². The van der Waals surface area contributed by atoms with Crippen molar-refractivity contribution in [1.82, 2.24) is 25.5 Å². The number of anilines is 2. The normalized spacial score (nSPS) is 14.4. The summed E-state index contributed by atoms with van der Waals surface area (Å²) in [5.74, 6) is 1.26. The maximum absolute atomic E-state index is 13.6. The molecule has 1 aliphatic heterocycles. The van der Waals surface area contributed by atoms with Crippen LogP contribution in [0.4, 0.5) is 20.7 Å². The number of aromatic nitrogens is 2. The molecule has 9 nitrogen and oxygen atoms in total. The van der Waals surface area contributed by atoms with Gasteiger partial charge >= 0.3 is 6.03 Å². The molecule has 0 atom stereocenters. The number of hydrogen-bond donors (Lipinski definition) is 3. The van der Waals surface area contributed by atoms with Crippen LogP contribution in [0.25, 0.3) is 10.9 Å². The van der Waals surface area contributed by atoms with Gasteiger partial charge in [-0.3, -0.25) is 0 Å². The zero-order valence-electron chi connectivity index (χ0n) is 20.3. The number of carbonyl (C=O) groups is 1. The third kappa shape index (κ3) is 6.44. The highest BCUT2D eigenvalue weighted by molar-refractivity contribution is 6.31. The molecule has 0 radical (unpaired) electrons. The topological polar surface area (TPSA) is 101 Å². The van der Waals surface area contributed by atoms with Gasteiger partial charge in [-0.25, -0.2) is 19.2 Å². The van der Waals surface area contributed by atoms with Crippen LogP contribution in [-0.2, 0) is 0 Å². The number of ether oxygens (including phenoxy) is 2. The molecule has 11 heteroatoms. The van der Waals surface area contributed by atoms with E-state index in [-0.39, 0.29) is 17.2 Å². The summed E-state index contributed by atoms with van der Waals surface area (Å²) in [6, 6.07) is 7.94. The zero-order chi connectivity index (χ0) is 25.5. The van der Waals surface area contributed by atoms with E-state index in [9.17, 15) is 9.18 Å². The Balaban J connectivity index is 1.43. The average molecular weight is 517 g/mol. The van der Waals surface area contributed by atoms with Crippen LogP contribution < -0.4 is 25.4 Å². The van der Waals surface area contributed by atoms with Crippen molar-refractivity contribution in [2.45, 2.75) is 25.9 Å². The van der Waals surface area contributed by atoms with Crippen molar-refractivity contribution in [3.05, 3.63) is 47.5 Å². The number of nitrogens with one attached hydrogen (secondary N) is 3. The van der Waals surface area contributed by atoms with Crippen LogP contribution in [0.5, 0.6) is 11.5 Å². The van der Waals surface area contributed by atoms with Crippen LogP contribution in [0.3, 0.4) is 0 Å². The second kappa shape index (κ2) is 12.0. The lowest BCUT2D eigenvalue weighted by molar-refractivity contribution is 0.0988. The number of fused-ring (bicyclic) bond motifs is 1. The molecule has 1 aliphatic rings. The minimum Gasteiger partial charge on any atom is -0.493 e. The molecular weight excluding hydrogens is 487 g/mol. The summed E-state index contributed by atoms with van der Waals surface area (Å²) in [5, 5.41) is 9.53. The van der Waals surface area contributed by atoms with Gasteiger partial charge in [-0.15, -0.1) is 0 Å². The predicted octanol–water partition coefficient (Wildman–Crippen LogP) is 4.34. The van der Waals surface area contributed by atoms with E-state index in [2.05, 4.69) is 30.8 Å². The third-order valence-electron chi connectivity index (χ3n) is 5.98. The van der Waals surface area contributed by atoms with Crippen molar-refractivity contribution < 1.29 is 18.7 Å². The van der Waals surface area contributed by atoms with Gasteiger partial charge in [0.1, 0.15) is 24.1 Å². The maximum Gasteiger partial charge on any atom is 0.314 e. The molecule has 0 saturated carbocycles. The van der Waals surface area contributed by atoms with Crippen LogP contribution in [0.15, 0.2) is 36.7 Å². The van der Waals surface area contributed by atoms with Crippen molar-refractivity contribution in [2.75, 3.05) is 45.2 Å². The van der Waals surface area contributed by atoms with Gasteiger partial charge in [-0.1, -0.05) is 11.6 Å². The minimum atomic E-state index is -0.487. The van der Waals surface area contributed by atoms with E-state index in [0.29, 0.717) is 41.6 Å². The number of nitrogens with zero attached hydrogens (tertiary/aromatic N) is 3. The first-order chi connectivity index (χ1) is 17.5. The quantitative estimate of drug-likeness (QED) is 0.389. The highest BCUT2D eigenvalue weighted by Gasteiger charge is 2.22. The summed E-state index contributed by atoms with van der Waals surface area (Å²) in [4.78, 5) is 22.6. The predicted molar refractivity (Wildman–Crippen MR) is 138 cm³/mol. The first-order valence-electron chi connectivity index (χ1n) is 11.9. The van der Waals surface area contributed by atoms with Gasteiger partial charge in [0.2, 0.25) is 0 Å². The van der Waals surface area contributed by atoms with Crippen LogP contribution >= 0.6 is 11.6 Å². The Kier molecular flexibility index (Phi) is 8.61. The van der Waals surface area contributed by atoms with Gasteiger partial charge in [0.25, 0.3) is 0 Å². The summed E-state index contributed by atoms with van der Waals surface area (Å²) in [7, 11) is 1.60. The number of benzene rings is 2. The molecule has 2 aromatic carbocycles. The molecule has 1 fully saturated rings. The van der Waals surface area contributed by atoms with Crippen molar-refractivity contribution in [2.24, 2.45) is 0 Å². The first kappa shape index (κ1) is 25.7. The van der Waals surface area contributed by atoms with Gasteiger partial charge in [-0.05, 0) is 44.0 Å². The fourth-order valence-corrected chi connectivity index (χ4v) is 4.29. The van der Waals surface area contributed by atoms with E-state index in [1.54, 1.807) is 13.2 Å². The molecule has 0 unspecified atom stereocenters. The molecule has 1 saturated heterocycles. The minimum absolute atomic E-state index is 0.0235. The Morgan fingerprint density at radius 3 is 2.69 bits per heavy atom. The molecule has 4 rings (SSSR count). The molecule has 0 aliphatic carbocycles. The SMILES string of the molecule is CCNC(=O)NCCN1CCC(Oc2cc3c(Nc4ccc(F)c(Cl)c4)ncnc3cc2OC)CC1. The van der Waals surface area contributed by atoms with E-state index >= 15 is 0 Å². The van der Waals surface area contributed by atoms with Crippen molar-refractivity contribution in [1.29, 1.82) is 0 Å². The summed E-state index contributed by atoms with van der Waals surface area (Å²) < 4.78 is 25.5. The van der Waals surface area contributed by atoms with E-state index in [1.165, 1.54) is 18.5 Å². The molecule has 2 heterocycles. The lowest BCUT2D eigenvalue weighted by atomic mass is 10.1. The third-order valence-corrected chi connectivity index (χ3v) is 6.27. The number of carbonyl (C=O) groups excluding carboxylic acids is 1. The Hall–Kier alpha value is -3.37. The molecule has 3 N–H and O–H groups in total. The lowest BCUT2D eigenvalue weighted by Gasteiger charge is -2.32. The average Bonchev–Trinajstić information content (AvgIpc) is 2.87. The van der Waals surface area contributed by atoms with Crippen molar-refractivity contribution in [3.8, 4) is 11.5 Å². The summed E-state index contributed by atoms with van der Waals surface area (Å²) >= 11 is 5.93. The Bertz CT molecular complexity index is 1210. The molecule has 192 valence electrons. The van der Waals surface area contributed by atoms with Gasteiger partial charge < -0.3 is 30.3 Å². The van der Waals surface area contributed by atoms with Gasteiger partial charge in [0.05, 0.1) is 17.6 Å². The summed E-state index contributed by atoms with van der Waals surface area (Å²) in [6.45, 7) is 5.64. The highest BCUT2D eigenvalue weighted by Crippen LogP contribution is 2.36. The van der Waals surface area contributed by atoms with Gasteiger partial charge in [0, 0.05) is 49.9 Å². The second-order valence-corrected chi connectivity index (χ2v) is 8.85. The number of piperidine rings is 1. The highest BCUT2D eigenvalue weighted by atomic mass is 35.5. The van der Waals surface area contributed by atoms with Crippen molar-refractivity contribution >= 4 is 40.0 Å². The standard InChI is InChI=1S/C25H30ClFN6O3/c1-3-28-25(34)29-8-11-33-9-6-17(7-10-33)36-23-13-18-21(14-22(23)35-2)30-15-31-24(18)32-16-4-5-20(27)19(26)12-16/h4-5,12-15,17H,3,6-11H2,1-2H3,(H2,28,29,34)(H,30,31,32). The van der Waals surface area contributed by atoms with Crippen LogP contribution in [0.2, 0.25) is 5.02 Å². The second-order valence-electron chi connectivity index (χ2n) is 8.44. The number of hydrogen-bond acceptors (Lipinski definition) is 7. The fraction of sp³-hybridized carbons (Fsp3) is 0.400. The van der Waals surface area contributed by atoms with Crippen molar-refractivity contribution in [3.63, 3.8) is 0 Å². The number of methoxy groups -OCH3 is 1. The number of rotatable bonds is 9. The van der Waals surface area contributed by atoms with Crippen LogP contribution in [0, 0.1) is 5.82 Å². The zero-order valence-corrected chi connectivity index (χ0v) is 21.1. The number of halogens is 2. The molecular formula is C25H30ClFN6O3. The molecule has 3 aromatic rings. The number of urea groups is 1. The Morgan fingerprint density at radius 1 is 1.17 bits per heavy atom. The Morgan fingerprint density at radius 2 is 1.97 bits per heavy atom. The van der Waals surface area contributed by atoms with E-state index in [0.717, 1.165) is 37.9 Å². The summed E-state index contributed by atoms with van der Waals surface area (Å²) in [5.41, 5.74) is 1.29. The smallest absolute Gasteiger partial charge is 0.314 e. The molecule has 0 spiro atoms. The fourth-order valence-electron chi connectivity index (χ4n) is 4.11. The Labute approximate surface area is 214 Å². The maximum atomic E-state index is 13.6. The molecule has 1 aromatic heterocycles. The van der Waals surface area contributed by atoms with Gasteiger partial charge in [0.15, 0.2) is 11.5 Å². The van der Waals surface area contributed by atoms with Crippen LogP contribution in [-0.4, -0.2) is 66.8 Å². The molecule has 2 amide bonds. The monoisotopic (exact) mass is 516 g/mol. The number of amides is 2. The van der Waals surface area contributed by atoms with E-state index < -0.39 is 5.82 Å².